The van der Waals surface area contributed by atoms with E-state index in [1.54, 1.807) is 20.3 Å². The van der Waals surface area contributed by atoms with Crippen molar-refractivity contribution in [1.82, 2.24) is 4.90 Å². The van der Waals surface area contributed by atoms with Crippen molar-refractivity contribution >= 4 is 5.69 Å². The Morgan fingerprint density at radius 1 is 1.08 bits per heavy atom. The first-order valence-electron chi connectivity index (χ1n) is 8.64. The van der Waals surface area contributed by atoms with Gasteiger partial charge in [-0.2, -0.15) is 0 Å². The van der Waals surface area contributed by atoms with Gasteiger partial charge in [0.15, 0.2) is 0 Å². The summed E-state index contributed by atoms with van der Waals surface area (Å²) in [6.45, 7) is 2.57. The number of methoxy groups -OCH3 is 2. The average molecular weight is 344 g/mol. The molecule has 0 spiro atoms. The van der Waals surface area contributed by atoms with Crippen LogP contribution in [0.3, 0.4) is 0 Å². The zero-order valence-corrected chi connectivity index (χ0v) is 14.8. The lowest BCUT2D eigenvalue weighted by atomic mass is 10.0. The van der Waals surface area contributed by atoms with Gasteiger partial charge in [0, 0.05) is 37.3 Å². The number of rotatable bonds is 6. The molecule has 25 heavy (non-hydrogen) atoms. The molecule has 0 aliphatic carbocycles. The summed E-state index contributed by atoms with van der Waals surface area (Å²) in [5.41, 5.74) is 1.75. The van der Waals surface area contributed by atoms with Gasteiger partial charge in [0.05, 0.1) is 19.9 Å². The zero-order valence-electron chi connectivity index (χ0n) is 14.8. The molecule has 0 aromatic heterocycles. The molecular formula is C20H25FN2O2. The average Bonchev–Trinajstić information content (AvgIpc) is 2.65. The van der Waals surface area contributed by atoms with Crippen molar-refractivity contribution in [2.45, 2.75) is 25.4 Å². The standard InChI is InChI=1S/C20H25FN2O2/c1-24-17-7-8-19(20(13-17)25-2)22-16-9-11-23(12-10-16)14-15-5-3-4-6-18(15)21/h3-8,13,16,22H,9-12,14H2,1-2H3. The van der Waals surface area contributed by atoms with Crippen molar-refractivity contribution in [3.05, 3.63) is 53.8 Å². The number of hydrogen-bond acceptors (Lipinski definition) is 4. The van der Waals surface area contributed by atoms with E-state index in [0.29, 0.717) is 12.6 Å². The van der Waals surface area contributed by atoms with Crippen molar-refractivity contribution in [2.24, 2.45) is 0 Å². The van der Waals surface area contributed by atoms with Crippen LogP contribution in [0.1, 0.15) is 18.4 Å². The van der Waals surface area contributed by atoms with Crippen LogP contribution in [-0.2, 0) is 6.54 Å². The Hall–Kier alpha value is -2.27. The molecule has 0 unspecified atom stereocenters. The SMILES string of the molecule is COc1ccc(NC2CCN(Cc3ccccc3F)CC2)c(OC)c1. The van der Waals surface area contributed by atoms with E-state index < -0.39 is 0 Å². The highest BCUT2D eigenvalue weighted by Crippen LogP contribution is 2.30. The largest absolute Gasteiger partial charge is 0.497 e. The second-order valence-electron chi connectivity index (χ2n) is 6.35. The van der Waals surface area contributed by atoms with Crippen LogP contribution in [0.5, 0.6) is 11.5 Å². The van der Waals surface area contributed by atoms with Crippen LogP contribution >= 0.6 is 0 Å². The van der Waals surface area contributed by atoms with Gasteiger partial charge in [0.25, 0.3) is 0 Å². The molecule has 1 aliphatic heterocycles. The second kappa shape index (κ2) is 8.21. The van der Waals surface area contributed by atoms with Gasteiger partial charge >= 0.3 is 0 Å². The van der Waals surface area contributed by atoms with E-state index >= 15 is 0 Å². The van der Waals surface area contributed by atoms with E-state index in [0.717, 1.165) is 48.7 Å². The fourth-order valence-corrected chi connectivity index (χ4v) is 3.24. The van der Waals surface area contributed by atoms with E-state index in [1.807, 2.05) is 30.3 Å². The quantitative estimate of drug-likeness (QED) is 0.861. The molecule has 0 atom stereocenters. The Morgan fingerprint density at radius 3 is 2.52 bits per heavy atom. The van der Waals surface area contributed by atoms with Gasteiger partial charge in [-0.05, 0) is 31.0 Å². The molecule has 0 radical (unpaired) electrons. The molecule has 2 aromatic rings. The van der Waals surface area contributed by atoms with E-state index in [9.17, 15) is 4.39 Å². The van der Waals surface area contributed by atoms with Gasteiger partial charge < -0.3 is 14.8 Å². The van der Waals surface area contributed by atoms with Crippen molar-refractivity contribution in [3.63, 3.8) is 0 Å². The Labute approximate surface area is 148 Å². The molecule has 3 rings (SSSR count). The maximum absolute atomic E-state index is 13.8. The summed E-state index contributed by atoms with van der Waals surface area (Å²) in [5, 5.41) is 3.57. The highest BCUT2D eigenvalue weighted by Gasteiger charge is 2.21. The van der Waals surface area contributed by atoms with Gasteiger partial charge in [0.2, 0.25) is 0 Å². The van der Waals surface area contributed by atoms with E-state index in [1.165, 1.54) is 6.07 Å². The van der Waals surface area contributed by atoms with Crippen LogP contribution in [-0.4, -0.2) is 38.3 Å². The summed E-state index contributed by atoms with van der Waals surface area (Å²) in [7, 11) is 3.31. The van der Waals surface area contributed by atoms with Gasteiger partial charge in [-0.15, -0.1) is 0 Å². The maximum atomic E-state index is 13.8. The van der Waals surface area contributed by atoms with Crippen LogP contribution in [0.4, 0.5) is 10.1 Å². The summed E-state index contributed by atoms with van der Waals surface area (Å²) < 4.78 is 24.5. The fourth-order valence-electron chi connectivity index (χ4n) is 3.24. The first-order valence-corrected chi connectivity index (χ1v) is 8.64. The molecule has 1 N–H and O–H groups in total. The summed E-state index contributed by atoms with van der Waals surface area (Å²) in [5.74, 6) is 1.45. The third kappa shape index (κ3) is 4.42. The number of halogens is 1. The molecular weight excluding hydrogens is 319 g/mol. The number of piperidine rings is 1. The van der Waals surface area contributed by atoms with Crippen molar-refractivity contribution in [2.75, 3.05) is 32.6 Å². The Morgan fingerprint density at radius 2 is 1.84 bits per heavy atom. The van der Waals surface area contributed by atoms with Gasteiger partial charge in [-0.3, -0.25) is 4.90 Å². The highest BCUT2D eigenvalue weighted by atomic mass is 19.1. The van der Waals surface area contributed by atoms with Crippen LogP contribution in [0.15, 0.2) is 42.5 Å². The monoisotopic (exact) mass is 344 g/mol. The molecule has 1 heterocycles. The molecule has 4 nitrogen and oxygen atoms in total. The molecule has 0 saturated carbocycles. The molecule has 0 bridgehead atoms. The van der Waals surface area contributed by atoms with Crippen LogP contribution in [0.2, 0.25) is 0 Å². The third-order valence-corrected chi connectivity index (χ3v) is 4.71. The predicted molar refractivity (Wildman–Crippen MR) is 97.9 cm³/mol. The lowest BCUT2D eigenvalue weighted by Gasteiger charge is -2.33. The van der Waals surface area contributed by atoms with Crippen molar-refractivity contribution < 1.29 is 13.9 Å². The predicted octanol–water partition coefficient (Wildman–Crippen LogP) is 3.92. The lowest BCUT2D eigenvalue weighted by Crippen LogP contribution is -2.38. The zero-order chi connectivity index (χ0) is 17.6. The smallest absolute Gasteiger partial charge is 0.145 e. The number of nitrogens with zero attached hydrogens (tertiary/aromatic N) is 1. The third-order valence-electron chi connectivity index (χ3n) is 4.71. The summed E-state index contributed by atoms with van der Waals surface area (Å²) >= 11 is 0. The minimum absolute atomic E-state index is 0.120. The van der Waals surface area contributed by atoms with Gasteiger partial charge in [-0.1, -0.05) is 18.2 Å². The van der Waals surface area contributed by atoms with E-state index in [-0.39, 0.29) is 5.82 Å². The number of anilines is 1. The second-order valence-corrected chi connectivity index (χ2v) is 6.35. The summed E-state index contributed by atoms with van der Waals surface area (Å²) in [6, 6.07) is 13.2. The number of ether oxygens (including phenoxy) is 2. The molecule has 5 heteroatoms. The number of hydrogen-bond donors (Lipinski definition) is 1. The van der Waals surface area contributed by atoms with Gasteiger partial charge in [-0.25, -0.2) is 4.39 Å². The number of likely N-dealkylation sites (tertiary alicyclic amines) is 1. The molecule has 134 valence electrons. The van der Waals surface area contributed by atoms with Crippen molar-refractivity contribution in [1.29, 1.82) is 0 Å². The summed E-state index contributed by atoms with van der Waals surface area (Å²) in [6.07, 6.45) is 2.03. The first-order chi connectivity index (χ1) is 12.2. The normalized spacial score (nSPS) is 15.8. The Balaban J connectivity index is 1.55. The number of nitrogens with one attached hydrogen (secondary N) is 1. The number of benzene rings is 2. The fraction of sp³-hybridized carbons (Fsp3) is 0.400. The minimum atomic E-state index is -0.120. The lowest BCUT2D eigenvalue weighted by molar-refractivity contribution is 0.209. The van der Waals surface area contributed by atoms with Crippen LogP contribution in [0.25, 0.3) is 0 Å². The van der Waals surface area contributed by atoms with Crippen LogP contribution < -0.4 is 14.8 Å². The molecule has 2 aromatic carbocycles. The topological polar surface area (TPSA) is 33.7 Å². The highest BCUT2D eigenvalue weighted by molar-refractivity contribution is 5.59. The molecule has 1 aliphatic rings. The van der Waals surface area contributed by atoms with E-state index in [4.69, 9.17) is 9.47 Å². The van der Waals surface area contributed by atoms with Crippen LogP contribution in [0, 0.1) is 5.82 Å². The Bertz CT molecular complexity index is 700. The van der Waals surface area contributed by atoms with Gasteiger partial charge in [0.1, 0.15) is 17.3 Å². The first kappa shape index (κ1) is 17.5. The summed E-state index contributed by atoms with van der Waals surface area (Å²) in [4.78, 5) is 2.31. The molecule has 1 fully saturated rings. The molecule has 1 saturated heterocycles. The minimum Gasteiger partial charge on any atom is -0.497 e. The Kier molecular flexibility index (Phi) is 5.76. The molecule has 0 amide bonds. The van der Waals surface area contributed by atoms with Crippen molar-refractivity contribution in [3.8, 4) is 11.5 Å². The van der Waals surface area contributed by atoms with E-state index in [2.05, 4.69) is 10.2 Å². The maximum Gasteiger partial charge on any atom is 0.145 e.